The van der Waals surface area contributed by atoms with Crippen LogP contribution in [0.2, 0.25) is 0 Å². The van der Waals surface area contributed by atoms with Gasteiger partial charge in [-0.05, 0) is 43.2 Å². The standard InChI is InChI=1S/C17H19NO3/c1-12-8-9-16(20-3)14(10-12)18-17(19)11-21-15-7-5-4-6-13(15)2/h4-10H,11H2,1-3H3,(H,18,19). The van der Waals surface area contributed by atoms with Crippen LogP contribution in [0.15, 0.2) is 42.5 Å². The van der Waals surface area contributed by atoms with Gasteiger partial charge in [0.15, 0.2) is 6.61 Å². The Morgan fingerprint density at radius 2 is 1.86 bits per heavy atom. The number of ether oxygens (including phenoxy) is 2. The number of carbonyl (C=O) groups excluding carboxylic acids is 1. The van der Waals surface area contributed by atoms with E-state index in [0.29, 0.717) is 17.2 Å². The number of aryl methyl sites for hydroxylation is 2. The average Bonchev–Trinajstić information content (AvgIpc) is 2.47. The molecule has 4 heteroatoms. The number of rotatable bonds is 5. The first-order chi connectivity index (χ1) is 10.1. The maximum atomic E-state index is 12.0. The van der Waals surface area contributed by atoms with Crippen molar-refractivity contribution in [3.63, 3.8) is 0 Å². The zero-order valence-corrected chi connectivity index (χ0v) is 12.5. The molecule has 0 bridgehead atoms. The predicted molar refractivity (Wildman–Crippen MR) is 83.0 cm³/mol. The number of para-hydroxylation sites is 1. The fourth-order valence-corrected chi connectivity index (χ4v) is 1.97. The molecule has 0 saturated carbocycles. The van der Waals surface area contributed by atoms with Gasteiger partial charge < -0.3 is 14.8 Å². The minimum absolute atomic E-state index is 0.0397. The number of hydrogen-bond acceptors (Lipinski definition) is 3. The highest BCUT2D eigenvalue weighted by atomic mass is 16.5. The Bertz CT molecular complexity index is 638. The molecule has 1 amide bonds. The second-order valence-electron chi connectivity index (χ2n) is 4.81. The van der Waals surface area contributed by atoms with Crippen molar-refractivity contribution in [2.75, 3.05) is 19.0 Å². The highest BCUT2D eigenvalue weighted by molar-refractivity contribution is 5.93. The zero-order chi connectivity index (χ0) is 15.2. The summed E-state index contributed by atoms with van der Waals surface area (Å²) in [6.45, 7) is 3.86. The maximum absolute atomic E-state index is 12.0. The van der Waals surface area contributed by atoms with Gasteiger partial charge in [0.25, 0.3) is 5.91 Å². The molecular formula is C17H19NO3. The SMILES string of the molecule is COc1ccc(C)cc1NC(=O)COc1ccccc1C. The number of benzene rings is 2. The second-order valence-corrected chi connectivity index (χ2v) is 4.81. The molecule has 0 heterocycles. The van der Waals surface area contributed by atoms with E-state index in [-0.39, 0.29) is 12.5 Å². The lowest BCUT2D eigenvalue weighted by atomic mass is 10.2. The molecule has 1 N–H and O–H groups in total. The summed E-state index contributed by atoms with van der Waals surface area (Å²) >= 11 is 0. The van der Waals surface area contributed by atoms with Crippen LogP contribution in [0.25, 0.3) is 0 Å². The van der Waals surface area contributed by atoms with Crippen LogP contribution in [0.3, 0.4) is 0 Å². The van der Waals surface area contributed by atoms with E-state index in [0.717, 1.165) is 11.1 Å². The number of amides is 1. The van der Waals surface area contributed by atoms with E-state index >= 15 is 0 Å². The molecule has 21 heavy (non-hydrogen) atoms. The quantitative estimate of drug-likeness (QED) is 0.916. The first kappa shape index (κ1) is 14.9. The Hall–Kier alpha value is -2.49. The van der Waals surface area contributed by atoms with Crippen molar-refractivity contribution >= 4 is 11.6 Å². The Labute approximate surface area is 124 Å². The maximum Gasteiger partial charge on any atom is 0.262 e. The van der Waals surface area contributed by atoms with E-state index in [4.69, 9.17) is 9.47 Å². The summed E-state index contributed by atoms with van der Waals surface area (Å²) in [7, 11) is 1.57. The molecule has 0 fully saturated rings. The number of hydrogen-bond donors (Lipinski definition) is 1. The van der Waals surface area contributed by atoms with Crippen molar-refractivity contribution in [2.45, 2.75) is 13.8 Å². The lowest BCUT2D eigenvalue weighted by molar-refractivity contribution is -0.118. The van der Waals surface area contributed by atoms with Crippen LogP contribution in [0.5, 0.6) is 11.5 Å². The van der Waals surface area contributed by atoms with Gasteiger partial charge in [0.05, 0.1) is 12.8 Å². The van der Waals surface area contributed by atoms with Gasteiger partial charge in [0.2, 0.25) is 0 Å². The first-order valence-corrected chi connectivity index (χ1v) is 6.73. The molecule has 2 aromatic carbocycles. The van der Waals surface area contributed by atoms with Crippen molar-refractivity contribution in [1.29, 1.82) is 0 Å². The van der Waals surface area contributed by atoms with Crippen LogP contribution in [0, 0.1) is 13.8 Å². The molecule has 4 nitrogen and oxygen atoms in total. The number of anilines is 1. The van der Waals surface area contributed by atoms with E-state index in [1.165, 1.54) is 0 Å². The van der Waals surface area contributed by atoms with Crippen molar-refractivity contribution < 1.29 is 14.3 Å². The molecule has 0 spiro atoms. The van der Waals surface area contributed by atoms with Gasteiger partial charge in [-0.2, -0.15) is 0 Å². The van der Waals surface area contributed by atoms with Crippen molar-refractivity contribution in [2.24, 2.45) is 0 Å². The Kier molecular flexibility index (Phi) is 4.82. The van der Waals surface area contributed by atoms with Gasteiger partial charge in [0.1, 0.15) is 11.5 Å². The van der Waals surface area contributed by atoms with Crippen molar-refractivity contribution in [1.82, 2.24) is 0 Å². The molecule has 0 aromatic heterocycles. The lowest BCUT2D eigenvalue weighted by Crippen LogP contribution is -2.20. The third-order valence-corrected chi connectivity index (χ3v) is 3.08. The van der Waals surface area contributed by atoms with Crippen LogP contribution in [0.1, 0.15) is 11.1 Å². The fourth-order valence-electron chi connectivity index (χ4n) is 1.97. The van der Waals surface area contributed by atoms with E-state index in [9.17, 15) is 4.79 Å². The third-order valence-electron chi connectivity index (χ3n) is 3.08. The van der Waals surface area contributed by atoms with Crippen molar-refractivity contribution in [3.05, 3.63) is 53.6 Å². The summed E-state index contributed by atoms with van der Waals surface area (Å²) in [5.41, 5.74) is 2.69. The van der Waals surface area contributed by atoms with Crippen LogP contribution < -0.4 is 14.8 Å². The van der Waals surface area contributed by atoms with Gasteiger partial charge in [-0.25, -0.2) is 0 Å². The number of carbonyl (C=O) groups is 1. The predicted octanol–water partition coefficient (Wildman–Crippen LogP) is 3.33. The Balaban J connectivity index is 1.99. The molecule has 0 saturated heterocycles. The van der Waals surface area contributed by atoms with E-state index in [2.05, 4.69) is 5.32 Å². The minimum Gasteiger partial charge on any atom is -0.495 e. The summed E-state index contributed by atoms with van der Waals surface area (Å²) in [5.74, 6) is 1.12. The molecule has 0 aliphatic rings. The molecule has 0 aliphatic carbocycles. The molecular weight excluding hydrogens is 266 g/mol. The van der Waals surface area contributed by atoms with Gasteiger partial charge in [-0.3, -0.25) is 4.79 Å². The monoisotopic (exact) mass is 285 g/mol. The minimum atomic E-state index is -0.220. The van der Waals surface area contributed by atoms with E-state index in [1.54, 1.807) is 7.11 Å². The van der Waals surface area contributed by atoms with Crippen LogP contribution in [0.4, 0.5) is 5.69 Å². The average molecular weight is 285 g/mol. The Morgan fingerprint density at radius 3 is 2.57 bits per heavy atom. The number of methoxy groups -OCH3 is 1. The van der Waals surface area contributed by atoms with Crippen LogP contribution >= 0.6 is 0 Å². The van der Waals surface area contributed by atoms with Crippen molar-refractivity contribution in [3.8, 4) is 11.5 Å². The normalized spacial score (nSPS) is 10.0. The van der Waals surface area contributed by atoms with Crippen LogP contribution in [-0.2, 0) is 4.79 Å². The molecule has 2 rings (SSSR count). The van der Waals surface area contributed by atoms with Gasteiger partial charge in [0, 0.05) is 0 Å². The summed E-state index contributed by atoms with van der Waals surface area (Å²) in [6.07, 6.45) is 0. The highest BCUT2D eigenvalue weighted by Crippen LogP contribution is 2.25. The smallest absolute Gasteiger partial charge is 0.262 e. The Morgan fingerprint density at radius 1 is 1.10 bits per heavy atom. The van der Waals surface area contributed by atoms with Gasteiger partial charge in [-0.1, -0.05) is 24.3 Å². The van der Waals surface area contributed by atoms with E-state index in [1.807, 2.05) is 56.3 Å². The lowest BCUT2D eigenvalue weighted by Gasteiger charge is -2.12. The topological polar surface area (TPSA) is 47.6 Å². The zero-order valence-electron chi connectivity index (χ0n) is 12.5. The molecule has 0 radical (unpaired) electrons. The van der Waals surface area contributed by atoms with Gasteiger partial charge in [-0.15, -0.1) is 0 Å². The second kappa shape index (κ2) is 6.79. The molecule has 2 aromatic rings. The van der Waals surface area contributed by atoms with E-state index < -0.39 is 0 Å². The summed E-state index contributed by atoms with van der Waals surface area (Å²) < 4.78 is 10.7. The summed E-state index contributed by atoms with van der Waals surface area (Å²) in [5, 5.41) is 2.80. The first-order valence-electron chi connectivity index (χ1n) is 6.73. The molecule has 0 unspecified atom stereocenters. The van der Waals surface area contributed by atoms with Crippen LogP contribution in [-0.4, -0.2) is 19.6 Å². The highest BCUT2D eigenvalue weighted by Gasteiger charge is 2.09. The molecule has 110 valence electrons. The molecule has 0 atom stereocenters. The summed E-state index contributed by atoms with van der Waals surface area (Å²) in [4.78, 5) is 12.0. The molecule has 0 aliphatic heterocycles. The van der Waals surface area contributed by atoms with Gasteiger partial charge >= 0.3 is 0 Å². The largest absolute Gasteiger partial charge is 0.495 e. The number of nitrogens with one attached hydrogen (secondary N) is 1. The fraction of sp³-hybridized carbons (Fsp3) is 0.235. The summed E-state index contributed by atoms with van der Waals surface area (Å²) in [6, 6.07) is 13.2. The third kappa shape index (κ3) is 3.99.